The number of nitrogens with zero attached hydrogens (tertiary/aromatic N) is 2. The van der Waals surface area contributed by atoms with E-state index in [-0.39, 0.29) is 23.7 Å². The topological polar surface area (TPSA) is 40.6 Å². The van der Waals surface area contributed by atoms with E-state index in [1.807, 2.05) is 67.8 Å². The van der Waals surface area contributed by atoms with Crippen LogP contribution in [0.1, 0.15) is 44.4 Å². The molecule has 2 aliphatic rings. The molecule has 0 bridgehead atoms. The molecule has 0 spiro atoms. The van der Waals surface area contributed by atoms with E-state index in [0.717, 1.165) is 31.7 Å². The van der Waals surface area contributed by atoms with Crippen LogP contribution < -0.4 is 4.90 Å². The average molecular weight is 379 g/mol. The molecule has 4 rings (SSSR count). The van der Waals surface area contributed by atoms with E-state index >= 15 is 0 Å². The zero-order valence-electron chi connectivity index (χ0n) is 17.3. The number of carbonyl (C=O) groups excluding carboxylic acids is 2. The second kappa shape index (κ2) is 8.59. The van der Waals surface area contributed by atoms with Crippen molar-refractivity contribution in [2.24, 2.45) is 11.8 Å². The molecular formula is C24H30N2O2. The minimum absolute atomic E-state index is 0.0844. The van der Waals surface area contributed by atoms with E-state index in [0.29, 0.717) is 0 Å². The summed E-state index contributed by atoms with van der Waals surface area (Å²) in [5, 5.41) is 0. The van der Waals surface area contributed by atoms with Crippen LogP contribution in [0.5, 0.6) is 0 Å². The summed E-state index contributed by atoms with van der Waals surface area (Å²) < 4.78 is 0. The number of hydrogen-bond donors (Lipinski definition) is 0. The molecule has 2 aliphatic heterocycles. The average Bonchev–Trinajstić information content (AvgIpc) is 3.31. The molecule has 0 radical (unpaired) electrons. The Morgan fingerprint density at radius 3 is 1.79 bits per heavy atom. The van der Waals surface area contributed by atoms with Crippen LogP contribution >= 0.6 is 0 Å². The van der Waals surface area contributed by atoms with Gasteiger partial charge in [0.05, 0.1) is 0 Å². The standard InChI is InChI=1S/2C12H15NO/c1-9(2)12(14)13-7-10-5-3-4-6-11(10)8-13;1-9(2)12(14)13-8-7-10-5-3-4-6-11(10)13/h2*3-6,9H,7-8H2,1-2H3. The second-order valence-corrected chi connectivity index (χ2v) is 8.14. The lowest BCUT2D eigenvalue weighted by atomic mass is 10.1. The molecule has 0 N–H and O–H groups in total. The van der Waals surface area contributed by atoms with Gasteiger partial charge in [-0.3, -0.25) is 9.59 Å². The first-order valence-electron chi connectivity index (χ1n) is 10.1. The highest BCUT2D eigenvalue weighted by Crippen LogP contribution is 2.28. The number of rotatable bonds is 2. The van der Waals surface area contributed by atoms with Crippen molar-refractivity contribution >= 4 is 17.5 Å². The van der Waals surface area contributed by atoms with E-state index < -0.39 is 0 Å². The molecule has 2 heterocycles. The monoisotopic (exact) mass is 378 g/mol. The zero-order chi connectivity index (χ0) is 20.3. The highest BCUT2D eigenvalue weighted by Gasteiger charge is 2.25. The predicted molar refractivity (Wildman–Crippen MR) is 113 cm³/mol. The van der Waals surface area contributed by atoms with Crippen molar-refractivity contribution in [1.29, 1.82) is 0 Å². The number of para-hydroxylation sites is 1. The van der Waals surface area contributed by atoms with E-state index in [1.54, 1.807) is 0 Å². The van der Waals surface area contributed by atoms with E-state index in [1.165, 1.54) is 16.7 Å². The summed E-state index contributed by atoms with van der Waals surface area (Å²) in [6.45, 7) is 10.2. The normalized spacial score (nSPS) is 14.6. The van der Waals surface area contributed by atoms with Gasteiger partial charge in [0.15, 0.2) is 0 Å². The maximum Gasteiger partial charge on any atom is 0.229 e. The Balaban J connectivity index is 0.000000161. The Kier molecular flexibility index (Phi) is 6.18. The van der Waals surface area contributed by atoms with E-state index in [4.69, 9.17) is 0 Å². The van der Waals surface area contributed by atoms with Crippen molar-refractivity contribution in [3.63, 3.8) is 0 Å². The van der Waals surface area contributed by atoms with E-state index in [9.17, 15) is 9.59 Å². The van der Waals surface area contributed by atoms with Gasteiger partial charge in [-0.25, -0.2) is 0 Å². The molecule has 28 heavy (non-hydrogen) atoms. The third kappa shape index (κ3) is 4.27. The van der Waals surface area contributed by atoms with Crippen molar-refractivity contribution in [2.75, 3.05) is 11.4 Å². The summed E-state index contributed by atoms with van der Waals surface area (Å²) in [4.78, 5) is 27.4. The fourth-order valence-corrected chi connectivity index (χ4v) is 3.73. The van der Waals surface area contributed by atoms with E-state index in [2.05, 4.69) is 18.2 Å². The minimum Gasteiger partial charge on any atom is -0.334 e. The van der Waals surface area contributed by atoms with Gasteiger partial charge < -0.3 is 9.80 Å². The van der Waals surface area contributed by atoms with Gasteiger partial charge >= 0.3 is 0 Å². The van der Waals surface area contributed by atoms with Gasteiger partial charge in [-0.1, -0.05) is 70.2 Å². The Hall–Kier alpha value is -2.62. The lowest BCUT2D eigenvalue weighted by molar-refractivity contribution is -0.135. The van der Waals surface area contributed by atoms with Crippen molar-refractivity contribution < 1.29 is 9.59 Å². The smallest absolute Gasteiger partial charge is 0.229 e. The molecule has 2 aromatic rings. The highest BCUT2D eigenvalue weighted by atomic mass is 16.2. The Morgan fingerprint density at radius 1 is 0.750 bits per heavy atom. The number of benzene rings is 2. The van der Waals surface area contributed by atoms with Crippen LogP contribution in [0.15, 0.2) is 48.5 Å². The number of hydrogen-bond acceptors (Lipinski definition) is 2. The van der Waals surface area contributed by atoms with Crippen molar-refractivity contribution in [2.45, 2.75) is 47.2 Å². The van der Waals surface area contributed by atoms with Gasteiger partial charge in [0, 0.05) is 37.2 Å². The van der Waals surface area contributed by atoms with Crippen LogP contribution in [0.2, 0.25) is 0 Å². The summed E-state index contributed by atoms with van der Waals surface area (Å²) in [6, 6.07) is 16.4. The largest absolute Gasteiger partial charge is 0.334 e. The molecule has 4 nitrogen and oxygen atoms in total. The van der Waals surface area contributed by atoms with Crippen molar-refractivity contribution in [3.05, 3.63) is 65.2 Å². The zero-order valence-corrected chi connectivity index (χ0v) is 17.3. The summed E-state index contributed by atoms with van der Waals surface area (Å²) >= 11 is 0. The van der Waals surface area contributed by atoms with Crippen molar-refractivity contribution in [3.8, 4) is 0 Å². The second-order valence-electron chi connectivity index (χ2n) is 8.14. The molecule has 2 amide bonds. The maximum absolute atomic E-state index is 11.8. The molecule has 4 heteroatoms. The molecule has 0 saturated heterocycles. The Labute approximate surface area is 168 Å². The molecule has 148 valence electrons. The predicted octanol–water partition coefficient (Wildman–Crippen LogP) is 4.42. The Morgan fingerprint density at radius 2 is 1.25 bits per heavy atom. The van der Waals surface area contributed by atoms with Gasteiger partial charge in [-0.15, -0.1) is 0 Å². The molecule has 0 aromatic heterocycles. The van der Waals surface area contributed by atoms with Gasteiger partial charge in [0.1, 0.15) is 0 Å². The van der Waals surface area contributed by atoms with Crippen LogP contribution in [-0.2, 0) is 29.1 Å². The molecule has 0 fully saturated rings. The van der Waals surface area contributed by atoms with Gasteiger partial charge in [0.25, 0.3) is 0 Å². The van der Waals surface area contributed by atoms with Crippen LogP contribution in [0.4, 0.5) is 5.69 Å². The number of amides is 2. The van der Waals surface area contributed by atoms with Gasteiger partial charge in [-0.2, -0.15) is 0 Å². The first-order valence-corrected chi connectivity index (χ1v) is 10.1. The molecular weight excluding hydrogens is 348 g/mol. The fraction of sp³-hybridized carbons (Fsp3) is 0.417. The third-order valence-electron chi connectivity index (χ3n) is 5.29. The quantitative estimate of drug-likeness (QED) is 0.776. The summed E-state index contributed by atoms with van der Waals surface area (Å²) in [5.74, 6) is 0.668. The highest BCUT2D eigenvalue weighted by molar-refractivity contribution is 5.96. The number of fused-ring (bicyclic) bond motifs is 2. The first-order chi connectivity index (χ1) is 13.4. The van der Waals surface area contributed by atoms with Crippen LogP contribution in [0.3, 0.4) is 0 Å². The fourth-order valence-electron chi connectivity index (χ4n) is 3.73. The molecule has 0 saturated carbocycles. The maximum atomic E-state index is 11.8. The molecule has 0 aliphatic carbocycles. The number of anilines is 1. The van der Waals surface area contributed by atoms with Crippen LogP contribution in [0.25, 0.3) is 0 Å². The van der Waals surface area contributed by atoms with Crippen LogP contribution in [0, 0.1) is 11.8 Å². The molecule has 2 aromatic carbocycles. The summed E-state index contributed by atoms with van der Waals surface area (Å²) in [6.07, 6.45) is 0.995. The van der Waals surface area contributed by atoms with Crippen molar-refractivity contribution in [1.82, 2.24) is 4.90 Å². The van der Waals surface area contributed by atoms with Gasteiger partial charge in [-0.05, 0) is 29.2 Å². The number of carbonyl (C=O) groups is 2. The van der Waals surface area contributed by atoms with Crippen LogP contribution in [-0.4, -0.2) is 23.3 Å². The molecule has 0 unspecified atom stereocenters. The summed E-state index contributed by atoms with van der Waals surface area (Å²) in [5.41, 5.74) is 4.98. The lowest BCUT2D eigenvalue weighted by Crippen LogP contribution is -2.32. The minimum atomic E-state index is 0.0844. The third-order valence-corrected chi connectivity index (χ3v) is 5.29. The molecule has 0 atom stereocenters. The van der Waals surface area contributed by atoms with Gasteiger partial charge in [0.2, 0.25) is 11.8 Å². The summed E-state index contributed by atoms with van der Waals surface area (Å²) in [7, 11) is 0. The Bertz CT molecular complexity index is 832. The SMILES string of the molecule is CC(C)C(=O)N1CCc2ccccc21.CC(C)C(=O)N1Cc2ccccc2C1. The first kappa shape index (κ1) is 20.1. The lowest BCUT2D eigenvalue weighted by Gasteiger charge is -2.19.